The third-order valence-corrected chi connectivity index (χ3v) is 6.71. The lowest BCUT2D eigenvalue weighted by molar-refractivity contribution is 0.563. The fourth-order valence-electron chi connectivity index (χ4n) is 1.79. The van der Waals surface area contributed by atoms with Crippen LogP contribution in [0.15, 0.2) is 28.5 Å². The first-order valence-corrected chi connectivity index (χ1v) is 9.10. The summed E-state index contributed by atoms with van der Waals surface area (Å²) in [6, 6.07) is 8.79. The molecule has 0 spiro atoms. The van der Waals surface area contributed by atoms with Crippen LogP contribution in [0.25, 0.3) is 0 Å². The number of nitrogens with zero attached hydrogens (tertiary/aromatic N) is 1. The van der Waals surface area contributed by atoms with Gasteiger partial charge in [-0.15, -0.1) is 22.7 Å². The van der Waals surface area contributed by atoms with Gasteiger partial charge in [0.1, 0.15) is 15.2 Å². The van der Waals surface area contributed by atoms with Crippen LogP contribution in [0, 0.1) is 18.3 Å². The number of sulfonamides is 1. The van der Waals surface area contributed by atoms with Crippen molar-refractivity contribution in [3.05, 3.63) is 38.9 Å². The first-order valence-electron chi connectivity index (χ1n) is 5.98. The van der Waals surface area contributed by atoms with Crippen molar-refractivity contribution < 1.29 is 8.42 Å². The number of aryl methyl sites for hydroxylation is 1. The lowest BCUT2D eigenvalue weighted by Gasteiger charge is -2.12. The van der Waals surface area contributed by atoms with E-state index in [1.807, 2.05) is 32.0 Å². The molecule has 0 aromatic carbocycles. The Morgan fingerprint density at radius 3 is 2.60 bits per heavy atom. The standard InChI is InChI=1S/C13H14N2O2S3/c1-9(7-11-4-3-10(2)18-11)15-20(16,17)13-6-5-12(8-14)19-13/h3-6,9,15H,7H2,1-2H3. The Morgan fingerprint density at radius 2 is 2.05 bits per heavy atom. The summed E-state index contributed by atoms with van der Waals surface area (Å²) in [5.41, 5.74) is 0. The van der Waals surface area contributed by atoms with Gasteiger partial charge in [0, 0.05) is 15.8 Å². The van der Waals surface area contributed by atoms with Crippen molar-refractivity contribution in [3.8, 4) is 6.07 Å². The number of thiophene rings is 2. The summed E-state index contributed by atoms with van der Waals surface area (Å²) >= 11 is 2.65. The van der Waals surface area contributed by atoms with E-state index in [2.05, 4.69) is 4.72 Å². The predicted octanol–water partition coefficient (Wildman–Crippen LogP) is 2.90. The summed E-state index contributed by atoms with van der Waals surface area (Å²) in [4.78, 5) is 2.76. The lowest BCUT2D eigenvalue weighted by atomic mass is 10.2. The Balaban J connectivity index is 2.06. The molecule has 2 aromatic heterocycles. The Bertz CT molecular complexity index is 738. The zero-order valence-electron chi connectivity index (χ0n) is 11.1. The maximum Gasteiger partial charge on any atom is 0.250 e. The van der Waals surface area contributed by atoms with Gasteiger partial charge in [-0.2, -0.15) is 5.26 Å². The number of rotatable bonds is 5. The van der Waals surface area contributed by atoms with Crippen molar-refractivity contribution in [2.24, 2.45) is 0 Å². The quantitative estimate of drug-likeness (QED) is 0.918. The Hall–Kier alpha value is -1.20. The van der Waals surface area contributed by atoms with E-state index < -0.39 is 10.0 Å². The van der Waals surface area contributed by atoms with E-state index >= 15 is 0 Å². The second-order valence-corrected chi connectivity index (χ2v) is 8.87. The molecule has 20 heavy (non-hydrogen) atoms. The smallest absolute Gasteiger partial charge is 0.207 e. The second kappa shape index (κ2) is 6.06. The lowest BCUT2D eigenvalue weighted by Crippen LogP contribution is -2.33. The van der Waals surface area contributed by atoms with E-state index in [0.29, 0.717) is 11.3 Å². The van der Waals surface area contributed by atoms with Crippen LogP contribution in [0.2, 0.25) is 0 Å². The van der Waals surface area contributed by atoms with Crippen LogP contribution in [0.1, 0.15) is 21.6 Å². The number of nitriles is 1. The highest BCUT2D eigenvalue weighted by molar-refractivity contribution is 7.91. The molecule has 1 N–H and O–H groups in total. The molecular weight excluding hydrogens is 312 g/mol. The summed E-state index contributed by atoms with van der Waals surface area (Å²) < 4.78 is 27.2. The van der Waals surface area contributed by atoms with E-state index in [4.69, 9.17) is 5.26 Å². The molecule has 7 heteroatoms. The molecule has 2 heterocycles. The van der Waals surface area contributed by atoms with Crippen LogP contribution in [-0.4, -0.2) is 14.5 Å². The summed E-state index contributed by atoms with van der Waals surface area (Å²) in [5.74, 6) is 0. The highest BCUT2D eigenvalue weighted by atomic mass is 32.2. The average molecular weight is 326 g/mol. The van der Waals surface area contributed by atoms with Gasteiger partial charge < -0.3 is 0 Å². The molecule has 0 aliphatic heterocycles. The molecule has 0 aliphatic carbocycles. The van der Waals surface area contributed by atoms with Crippen molar-refractivity contribution in [2.45, 2.75) is 30.5 Å². The highest BCUT2D eigenvalue weighted by Gasteiger charge is 2.20. The van der Waals surface area contributed by atoms with E-state index in [-0.39, 0.29) is 10.3 Å². The molecule has 4 nitrogen and oxygen atoms in total. The normalized spacial score (nSPS) is 13.1. The van der Waals surface area contributed by atoms with Gasteiger partial charge in [-0.05, 0) is 44.5 Å². The Kier molecular flexibility index (Phi) is 4.60. The maximum absolute atomic E-state index is 12.2. The van der Waals surface area contributed by atoms with E-state index in [0.717, 1.165) is 16.2 Å². The summed E-state index contributed by atoms with van der Waals surface area (Å²) in [6.07, 6.45) is 0.661. The predicted molar refractivity (Wildman–Crippen MR) is 81.6 cm³/mol. The minimum absolute atomic E-state index is 0.184. The second-order valence-electron chi connectivity index (χ2n) is 4.47. The number of hydrogen-bond acceptors (Lipinski definition) is 5. The molecule has 106 valence electrons. The molecule has 2 aromatic rings. The monoisotopic (exact) mass is 326 g/mol. The third-order valence-electron chi connectivity index (χ3n) is 2.62. The minimum Gasteiger partial charge on any atom is -0.207 e. The molecule has 0 bridgehead atoms. The number of nitrogens with one attached hydrogen (secondary N) is 1. The van der Waals surface area contributed by atoms with Gasteiger partial charge in [-0.3, -0.25) is 0 Å². The molecule has 0 saturated carbocycles. The highest BCUT2D eigenvalue weighted by Crippen LogP contribution is 2.22. The Labute approximate surface area is 126 Å². The van der Waals surface area contributed by atoms with Gasteiger partial charge in [0.2, 0.25) is 10.0 Å². The van der Waals surface area contributed by atoms with E-state index in [1.165, 1.54) is 17.0 Å². The molecule has 0 aliphatic rings. The van der Waals surface area contributed by atoms with Crippen molar-refractivity contribution in [1.82, 2.24) is 4.72 Å². The average Bonchev–Trinajstić information content (AvgIpc) is 2.97. The summed E-state index contributed by atoms with van der Waals surface area (Å²) in [5, 5.41) is 8.74. The minimum atomic E-state index is -3.54. The Morgan fingerprint density at radius 1 is 1.30 bits per heavy atom. The molecule has 2 rings (SSSR count). The van der Waals surface area contributed by atoms with Crippen molar-refractivity contribution >= 4 is 32.7 Å². The third kappa shape index (κ3) is 3.67. The molecule has 0 fully saturated rings. The van der Waals surface area contributed by atoms with Crippen LogP contribution in [0.4, 0.5) is 0 Å². The largest absolute Gasteiger partial charge is 0.250 e. The van der Waals surface area contributed by atoms with Crippen LogP contribution in [-0.2, 0) is 16.4 Å². The van der Waals surface area contributed by atoms with Gasteiger partial charge in [0.25, 0.3) is 0 Å². The van der Waals surface area contributed by atoms with Gasteiger partial charge in [0.15, 0.2) is 0 Å². The molecule has 0 amide bonds. The van der Waals surface area contributed by atoms with Crippen molar-refractivity contribution in [3.63, 3.8) is 0 Å². The summed E-state index contributed by atoms with van der Waals surface area (Å²) in [7, 11) is -3.54. The molecule has 1 atom stereocenters. The van der Waals surface area contributed by atoms with Gasteiger partial charge >= 0.3 is 0 Å². The fourth-order valence-corrected chi connectivity index (χ4v) is 5.17. The number of hydrogen-bond donors (Lipinski definition) is 1. The maximum atomic E-state index is 12.2. The molecular formula is C13H14N2O2S3. The van der Waals surface area contributed by atoms with Crippen molar-refractivity contribution in [2.75, 3.05) is 0 Å². The molecule has 0 radical (unpaired) electrons. The zero-order valence-corrected chi connectivity index (χ0v) is 13.5. The van der Waals surface area contributed by atoms with Gasteiger partial charge in [-0.25, -0.2) is 13.1 Å². The summed E-state index contributed by atoms with van der Waals surface area (Å²) in [6.45, 7) is 3.86. The molecule has 1 unspecified atom stereocenters. The van der Waals surface area contributed by atoms with E-state index in [9.17, 15) is 8.42 Å². The van der Waals surface area contributed by atoms with Crippen LogP contribution in [0.3, 0.4) is 0 Å². The van der Waals surface area contributed by atoms with Crippen LogP contribution >= 0.6 is 22.7 Å². The van der Waals surface area contributed by atoms with Crippen LogP contribution < -0.4 is 4.72 Å². The van der Waals surface area contributed by atoms with E-state index in [1.54, 1.807) is 11.3 Å². The zero-order chi connectivity index (χ0) is 14.8. The topological polar surface area (TPSA) is 70.0 Å². The molecule has 0 saturated heterocycles. The van der Waals surface area contributed by atoms with Crippen molar-refractivity contribution in [1.29, 1.82) is 5.26 Å². The first-order chi connectivity index (χ1) is 9.40. The first kappa shape index (κ1) is 15.2. The SMILES string of the molecule is Cc1ccc(CC(C)NS(=O)(=O)c2ccc(C#N)s2)s1. The van der Waals surface area contributed by atoms with Crippen LogP contribution in [0.5, 0.6) is 0 Å². The van der Waals surface area contributed by atoms with Gasteiger partial charge in [-0.1, -0.05) is 0 Å². The fraction of sp³-hybridized carbons (Fsp3) is 0.308. The van der Waals surface area contributed by atoms with Gasteiger partial charge in [0.05, 0.1) is 0 Å².